The Bertz CT molecular complexity index is 465. The third kappa shape index (κ3) is 2.00. The van der Waals surface area contributed by atoms with Crippen molar-refractivity contribution in [3.05, 3.63) is 36.1 Å². The minimum Gasteiger partial charge on any atom is -0.455 e. The zero-order chi connectivity index (χ0) is 12.8. The van der Waals surface area contributed by atoms with E-state index in [9.17, 15) is 0 Å². The quantitative estimate of drug-likeness (QED) is 0.757. The van der Waals surface area contributed by atoms with Gasteiger partial charge in [0.2, 0.25) is 0 Å². The first-order valence-corrected chi connectivity index (χ1v) is 7.58. The third-order valence-electron chi connectivity index (χ3n) is 5.25. The summed E-state index contributed by atoms with van der Waals surface area (Å²) in [5.74, 6) is 0. The highest BCUT2D eigenvalue weighted by atomic mass is 15.2. The number of fused-ring (bicyclic) bond motifs is 3. The van der Waals surface area contributed by atoms with Gasteiger partial charge in [-0.25, -0.2) is 0 Å². The van der Waals surface area contributed by atoms with Gasteiger partial charge in [-0.05, 0) is 62.4 Å². The fraction of sp³-hybridized carbons (Fsp3) is 0.625. The van der Waals surface area contributed by atoms with Crippen molar-refractivity contribution in [2.75, 3.05) is 6.54 Å². The largest absolute Gasteiger partial charge is 0.455 e. The van der Waals surface area contributed by atoms with E-state index in [0.29, 0.717) is 0 Å². The predicted octanol–water partition coefficient (Wildman–Crippen LogP) is 2.36. The molecule has 2 fully saturated rings. The maximum absolute atomic E-state index is 4.70. The minimum absolute atomic E-state index is 0.843. The van der Waals surface area contributed by atoms with E-state index < -0.39 is 0 Å². The highest BCUT2D eigenvalue weighted by Crippen LogP contribution is 2.38. The molecular weight excluding hydrogens is 234 g/mol. The van der Waals surface area contributed by atoms with E-state index in [1.54, 1.807) is 0 Å². The van der Waals surface area contributed by atoms with Gasteiger partial charge in [-0.1, -0.05) is 0 Å². The molecule has 0 aromatic carbocycles. The van der Waals surface area contributed by atoms with E-state index in [-0.39, 0.29) is 0 Å². The van der Waals surface area contributed by atoms with Crippen LogP contribution in [0.3, 0.4) is 0 Å². The van der Waals surface area contributed by atoms with Gasteiger partial charge in [0.15, 0.2) is 0 Å². The highest BCUT2D eigenvalue weighted by molar-refractivity contribution is 5.32. The molecule has 4 heterocycles. The molecule has 0 spiro atoms. The molecule has 0 aliphatic carbocycles. The monoisotopic (exact) mass is 256 g/mol. The highest BCUT2D eigenvalue weighted by Gasteiger charge is 2.39. The van der Waals surface area contributed by atoms with Crippen molar-refractivity contribution in [3.8, 4) is 0 Å². The molecule has 3 aliphatic rings. The molecule has 0 N–H and O–H groups in total. The Morgan fingerprint density at radius 1 is 1.21 bits per heavy atom. The van der Waals surface area contributed by atoms with Gasteiger partial charge in [-0.15, -0.1) is 0 Å². The number of aromatic nitrogens is 1. The van der Waals surface area contributed by atoms with E-state index in [1.165, 1.54) is 42.5 Å². The average Bonchev–Trinajstić information content (AvgIpc) is 2.98. The maximum Gasteiger partial charge on any atom is 0.0579 e. The van der Waals surface area contributed by atoms with Crippen molar-refractivity contribution in [2.24, 2.45) is 0 Å². The Kier molecular flexibility index (Phi) is 2.85. The van der Waals surface area contributed by atoms with Gasteiger partial charge in [-0.3, -0.25) is 16.9 Å². The van der Waals surface area contributed by atoms with E-state index in [0.717, 1.165) is 38.1 Å². The predicted molar refractivity (Wildman–Crippen MR) is 75.3 cm³/mol. The van der Waals surface area contributed by atoms with Gasteiger partial charge < -0.3 is 4.90 Å². The summed E-state index contributed by atoms with van der Waals surface area (Å²) in [5.41, 5.74) is 4.29. The van der Waals surface area contributed by atoms with Crippen molar-refractivity contribution >= 4 is 0 Å². The molecule has 19 heavy (non-hydrogen) atoms. The van der Waals surface area contributed by atoms with Crippen LogP contribution in [0.5, 0.6) is 0 Å². The summed E-state index contributed by atoms with van der Waals surface area (Å²) < 4.78 is 0. The molecule has 0 atom stereocenters. The third-order valence-corrected chi connectivity index (χ3v) is 5.25. The SMILES string of the molecule is [CH2-]N1CCc2c(ccnc2CN2C3CCC2CC3)C1. The van der Waals surface area contributed by atoms with Crippen LogP contribution in [-0.2, 0) is 19.5 Å². The number of nitrogens with zero attached hydrogens (tertiary/aromatic N) is 3. The van der Waals surface area contributed by atoms with Crippen LogP contribution in [0, 0.1) is 7.05 Å². The number of pyridine rings is 1. The first kappa shape index (κ1) is 11.9. The van der Waals surface area contributed by atoms with Crippen molar-refractivity contribution < 1.29 is 0 Å². The fourth-order valence-electron chi connectivity index (χ4n) is 4.21. The Balaban J connectivity index is 1.60. The van der Waals surface area contributed by atoms with Crippen LogP contribution in [0.1, 0.15) is 42.5 Å². The first-order valence-electron chi connectivity index (χ1n) is 7.58. The second-order valence-corrected chi connectivity index (χ2v) is 6.33. The molecule has 3 nitrogen and oxygen atoms in total. The van der Waals surface area contributed by atoms with Crippen molar-refractivity contribution in [1.29, 1.82) is 0 Å². The van der Waals surface area contributed by atoms with Gasteiger partial charge >= 0.3 is 0 Å². The van der Waals surface area contributed by atoms with Gasteiger partial charge in [0, 0.05) is 24.8 Å². The molecule has 4 rings (SSSR count). The average molecular weight is 256 g/mol. The second-order valence-electron chi connectivity index (χ2n) is 6.33. The molecule has 1 aromatic heterocycles. The van der Waals surface area contributed by atoms with Crippen LogP contribution in [0.4, 0.5) is 0 Å². The molecule has 0 amide bonds. The summed E-state index contributed by atoms with van der Waals surface area (Å²) >= 11 is 0. The first-order chi connectivity index (χ1) is 9.31. The zero-order valence-electron chi connectivity index (χ0n) is 11.5. The van der Waals surface area contributed by atoms with Crippen LogP contribution < -0.4 is 0 Å². The zero-order valence-corrected chi connectivity index (χ0v) is 11.5. The maximum atomic E-state index is 4.70. The van der Waals surface area contributed by atoms with Gasteiger partial charge in [-0.2, -0.15) is 0 Å². The molecule has 3 heteroatoms. The van der Waals surface area contributed by atoms with Gasteiger partial charge in [0.25, 0.3) is 0 Å². The van der Waals surface area contributed by atoms with Crippen LogP contribution in [0.2, 0.25) is 0 Å². The Hall–Kier alpha value is -0.930. The van der Waals surface area contributed by atoms with Crippen molar-refractivity contribution in [1.82, 2.24) is 14.8 Å². The summed E-state index contributed by atoms with van der Waals surface area (Å²) in [6.45, 7) is 3.13. The standard InChI is InChI=1S/C16H22N3/c1-18-9-7-15-12(10-18)6-8-17-16(15)11-19-13-2-3-14(19)5-4-13/h6,8,13-14H,1-5,7,9-11H2/q-1. The minimum atomic E-state index is 0.843. The lowest BCUT2D eigenvalue weighted by molar-refractivity contribution is 0.238. The number of rotatable bonds is 2. The van der Waals surface area contributed by atoms with Crippen molar-refractivity contribution in [3.63, 3.8) is 0 Å². The Labute approximate surface area is 115 Å². The van der Waals surface area contributed by atoms with E-state index >= 15 is 0 Å². The summed E-state index contributed by atoms with van der Waals surface area (Å²) in [6.07, 6.45) is 8.74. The molecular formula is C16H22N3-. The number of hydrogen-bond donors (Lipinski definition) is 0. The Morgan fingerprint density at radius 3 is 2.68 bits per heavy atom. The normalized spacial score (nSPS) is 30.8. The molecule has 102 valence electrons. The molecule has 2 saturated heterocycles. The Morgan fingerprint density at radius 2 is 1.95 bits per heavy atom. The summed E-state index contributed by atoms with van der Waals surface area (Å²) in [5, 5.41) is 0. The van der Waals surface area contributed by atoms with Crippen LogP contribution in [0.15, 0.2) is 12.3 Å². The van der Waals surface area contributed by atoms with E-state index in [1.807, 2.05) is 6.20 Å². The van der Waals surface area contributed by atoms with Crippen molar-refractivity contribution in [2.45, 2.75) is 57.3 Å². The lowest BCUT2D eigenvalue weighted by Gasteiger charge is -2.33. The smallest absolute Gasteiger partial charge is 0.0579 e. The van der Waals surface area contributed by atoms with E-state index in [2.05, 4.69) is 22.9 Å². The lowest BCUT2D eigenvalue weighted by Crippen LogP contribution is -2.31. The lowest BCUT2D eigenvalue weighted by atomic mass is 9.98. The molecule has 3 aliphatic heterocycles. The van der Waals surface area contributed by atoms with Crippen LogP contribution >= 0.6 is 0 Å². The summed E-state index contributed by atoms with van der Waals surface area (Å²) in [4.78, 5) is 9.58. The van der Waals surface area contributed by atoms with Gasteiger partial charge in [0.1, 0.15) is 0 Å². The second kappa shape index (κ2) is 4.57. The molecule has 0 radical (unpaired) electrons. The van der Waals surface area contributed by atoms with E-state index in [4.69, 9.17) is 4.98 Å². The molecule has 0 unspecified atom stereocenters. The number of hydrogen-bond acceptors (Lipinski definition) is 3. The van der Waals surface area contributed by atoms with Crippen LogP contribution in [0.25, 0.3) is 0 Å². The fourth-order valence-corrected chi connectivity index (χ4v) is 4.21. The topological polar surface area (TPSA) is 19.4 Å². The molecule has 2 bridgehead atoms. The molecule has 0 saturated carbocycles. The summed E-state index contributed by atoms with van der Waals surface area (Å²) in [7, 11) is 4.07. The summed E-state index contributed by atoms with van der Waals surface area (Å²) in [6, 6.07) is 3.86. The van der Waals surface area contributed by atoms with Crippen LogP contribution in [-0.4, -0.2) is 33.4 Å². The van der Waals surface area contributed by atoms with Gasteiger partial charge in [0.05, 0.1) is 5.69 Å². The molecule has 1 aromatic rings.